The fourth-order valence-electron chi connectivity index (χ4n) is 3.02. The minimum absolute atomic E-state index is 0.0909. The molecule has 2 heteroatoms. The molecule has 0 amide bonds. The molecule has 1 heterocycles. The Morgan fingerprint density at radius 3 is 2.43 bits per heavy atom. The van der Waals surface area contributed by atoms with Gasteiger partial charge in [0.2, 0.25) is 0 Å². The highest BCUT2D eigenvalue weighted by atomic mass is 16.3. The predicted octanol–water partition coefficient (Wildman–Crippen LogP) is 5.41. The minimum Gasteiger partial charge on any atom is -0.459 e. The van der Waals surface area contributed by atoms with Gasteiger partial charge in [-0.05, 0) is 44.7 Å². The third-order valence-corrected chi connectivity index (χ3v) is 4.22. The van der Waals surface area contributed by atoms with Crippen molar-refractivity contribution < 1.29 is 4.42 Å². The van der Waals surface area contributed by atoms with E-state index in [2.05, 4.69) is 65.9 Å². The van der Waals surface area contributed by atoms with Crippen molar-refractivity contribution in [1.29, 1.82) is 0 Å². The van der Waals surface area contributed by atoms with Gasteiger partial charge in [0.25, 0.3) is 0 Å². The molecule has 1 aromatic carbocycles. The zero-order valence-electron chi connectivity index (χ0n) is 14.6. The van der Waals surface area contributed by atoms with Gasteiger partial charge in [-0.3, -0.25) is 0 Å². The molecule has 0 saturated heterocycles. The number of rotatable bonds is 4. The van der Waals surface area contributed by atoms with Crippen molar-refractivity contribution in [3.8, 4) is 0 Å². The van der Waals surface area contributed by atoms with Crippen molar-refractivity contribution in [1.82, 2.24) is 5.32 Å². The van der Waals surface area contributed by atoms with E-state index in [1.807, 2.05) is 0 Å². The molecule has 1 unspecified atom stereocenters. The summed E-state index contributed by atoms with van der Waals surface area (Å²) in [5.41, 5.74) is 5.03. The van der Waals surface area contributed by atoms with Crippen LogP contribution in [0.2, 0.25) is 0 Å². The molecule has 0 spiro atoms. The first-order chi connectivity index (χ1) is 9.77. The van der Waals surface area contributed by atoms with Crippen LogP contribution in [0.3, 0.4) is 0 Å². The Hall–Kier alpha value is -1.28. The Bertz CT molecular complexity index is 631. The highest BCUT2D eigenvalue weighted by molar-refractivity contribution is 5.88. The summed E-state index contributed by atoms with van der Waals surface area (Å²) in [5, 5.41) is 4.83. The van der Waals surface area contributed by atoms with E-state index in [-0.39, 0.29) is 11.5 Å². The molecule has 0 aliphatic heterocycles. The third kappa shape index (κ3) is 3.01. The zero-order valence-corrected chi connectivity index (χ0v) is 14.6. The summed E-state index contributed by atoms with van der Waals surface area (Å²) in [6.45, 7) is 16.5. The van der Waals surface area contributed by atoms with E-state index in [1.165, 1.54) is 22.1 Å². The smallest absolute Gasteiger partial charge is 0.138 e. The highest BCUT2D eigenvalue weighted by Crippen LogP contribution is 2.38. The van der Waals surface area contributed by atoms with Crippen LogP contribution in [0.5, 0.6) is 0 Å². The van der Waals surface area contributed by atoms with Gasteiger partial charge in [-0.2, -0.15) is 0 Å². The van der Waals surface area contributed by atoms with Gasteiger partial charge >= 0.3 is 0 Å². The Labute approximate surface area is 128 Å². The molecule has 2 aromatic rings. The quantitative estimate of drug-likeness (QED) is 0.813. The van der Waals surface area contributed by atoms with E-state index in [0.29, 0.717) is 0 Å². The lowest BCUT2D eigenvalue weighted by atomic mass is 9.85. The number of furan rings is 1. The molecule has 0 radical (unpaired) electrons. The first-order valence-corrected chi connectivity index (χ1v) is 8.03. The van der Waals surface area contributed by atoms with E-state index >= 15 is 0 Å². The summed E-state index contributed by atoms with van der Waals surface area (Å²) in [5.74, 6) is 1.08. The van der Waals surface area contributed by atoms with Crippen molar-refractivity contribution in [3.63, 3.8) is 0 Å². The summed E-state index contributed by atoms with van der Waals surface area (Å²) in [4.78, 5) is 0. The maximum absolute atomic E-state index is 6.33. The average Bonchev–Trinajstić information content (AvgIpc) is 2.73. The van der Waals surface area contributed by atoms with E-state index in [0.717, 1.165) is 24.3 Å². The Morgan fingerprint density at radius 1 is 1.19 bits per heavy atom. The average molecular weight is 287 g/mol. The lowest BCUT2D eigenvalue weighted by Crippen LogP contribution is -2.19. The first-order valence-electron chi connectivity index (χ1n) is 8.03. The summed E-state index contributed by atoms with van der Waals surface area (Å²) >= 11 is 0. The molecule has 0 fully saturated rings. The van der Waals surface area contributed by atoms with Crippen molar-refractivity contribution >= 4 is 11.0 Å². The summed E-state index contributed by atoms with van der Waals surface area (Å²) < 4.78 is 6.33. The Kier molecular flexibility index (Phi) is 4.48. The molecule has 0 bridgehead atoms. The molecule has 2 nitrogen and oxygen atoms in total. The van der Waals surface area contributed by atoms with E-state index in [1.54, 1.807) is 0 Å². The van der Waals surface area contributed by atoms with E-state index in [4.69, 9.17) is 4.42 Å². The molecule has 116 valence electrons. The van der Waals surface area contributed by atoms with Gasteiger partial charge in [0.05, 0.1) is 6.04 Å². The molecule has 21 heavy (non-hydrogen) atoms. The summed E-state index contributed by atoms with van der Waals surface area (Å²) in [7, 11) is 0. The monoisotopic (exact) mass is 287 g/mol. The molecular formula is C19H29NO. The fraction of sp³-hybridized carbons (Fsp3) is 0.579. The lowest BCUT2D eigenvalue weighted by molar-refractivity contribution is 0.443. The largest absolute Gasteiger partial charge is 0.459 e. The first kappa shape index (κ1) is 16.1. The van der Waals surface area contributed by atoms with Crippen molar-refractivity contribution in [3.05, 3.63) is 34.6 Å². The predicted molar refractivity (Wildman–Crippen MR) is 91.1 cm³/mol. The van der Waals surface area contributed by atoms with Gasteiger partial charge in [0, 0.05) is 16.5 Å². The molecule has 0 aliphatic carbocycles. The fourth-order valence-corrected chi connectivity index (χ4v) is 3.02. The maximum Gasteiger partial charge on any atom is 0.138 e. The second kappa shape index (κ2) is 5.84. The van der Waals surface area contributed by atoms with Crippen molar-refractivity contribution in [2.75, 3.05) is 6.54 Å². The number of benzene rings is 1. The van der Waals surface area contributed by atoms with Gasteiger partial charge in [-0.15, -0.1) is 0 Å². The van der Waals surface area contributed by atoms with Crippen LogP contribution in [0.15, 0.2) is 16.5 Å². The third-order valence-electron chi connectivity index (χ3n) is 4.22. The van der Waals surface area contributed by atoms with Gasteiger partial charge in [0.1, 0.15) is 11.3 Å². The van der Waals surface area contributed by atoms with Gasteiger partial charge in [0.15, 0.2) is 0 Å². The number of fused-ring (bicyclic) bond motifs is 1. The van der Waals surface area contributed by atoms with Crippen LogP contribution >= 0.6 is 0 Å². The van der Waals surface area contributed by atoms with Crippen LogP contribution in [0.1, 0.15) is 69.5 Å². The zero-order chi connectivity index (χ0) is 15.8. The maximum atomic E-state index is 6.33. The number of aryl methyl sites for hydroxylation is 2. The van der Waals surface area contributed by atoms with Crippen LogP contribution in [0.25, 0.3) is 11.0 Å². The minimum atomic E-state index is 0.0909. The van der Waals surface area contributed by atoms with Crippen molar-refractivity contribution in [2.24, 2.45) is 0 Å². The second-order valence-corrected chi connectivity index (χ2v) is 7.15. The molecule has 1 aromatic heterocycles. The van der Waals surface area contributed by atoms with Crippen LogP contribution in [-0.4, -0.2) is 6.54 Å². The molecule has 0 saturated carbocycles. The van der Waals surface area contributed by atoms with Gasteiger partial charge < -0.3 is 9.73 Å². The highest BCUT2D eigenvalue weighted by Gasteiger charge is 2.24. The second-order valence-electron chi connectivity index (χ2n) is 7.15. The van der Waals surface area contributed by atoms with Crippen LogP contribution in [0.4, 0.5) is 0 Å². The number of hydrogen-bond donors (Lipinski definition) is 1. The number of nitrogens with one attached hydrogen (secondary N) is 1. The number of hydrogen-bond acceptors (Lipinski definition) is 2. The topological polar surface area (TPSA) is 25.2 Å². The van der Waals surface area contributed by atoms with E-state index < -0.39 is 0 Å². The molecular weight excluding hydrogens is 258 g/mol. The van der Waals surface area contributed by atoms with Gasteiger partial charge in [-0.1, -0.05) is 39.8 Å². The van der Waals surface area contributed by atoms with Gasteiger partial charge in [-0.25, -0.2) is 0 Å². The summed E-state index contributed by atoms with van der Waals surface area (Å²) in [6, 6.07) is 4.69. The van der Waals surface area contributed by atoms with Crippen molar-refractivity contribution in [2.45, 2.75) is 66.3 Å². The molecule has 1 atom stereocenters. The van der Waals surface area contributed by atoms with E-state index in [9.17, 15) is 0 Å². The standard InChI is InChI=1S/C19H29NO/c1-8-11-20-14(4)17-13(3)16-12(2)9-10-15(18(16)21-17)19(5,6)7/h9-10,14,20H,8,11H2,1-7H3. The summed E-state index contributed by atoms with van der Waals surface area (Å²) in [6.07, 6.45) is 1.13. The molecule has 0 aliphatic rings. The Morgan fingerprint density at radius 2 is 1.86 bits per heavy atom. The lowest BCUT2D eigenvalue weighted by Gasteiger charge is -2.19. The van der Waals surface area contributed by atoms with Crippen LogP contribution in [0, 0.1) is 13.8 Å². The SMILES string of the molecule is CCCNC(C)c1oc2c(C(C)(C)C)ccc(C)c2c1C. The van der Waals surface area contributed by atoms with Crippen LogP contribution in [-0.2, 0) is 5.41 Å². The molecule has 1 N–H and O–H groups in total. The Balaban J connectivity index is 2.61. The normalized spacial score (nSPS) is 13.9. The molecule has 2 rings (SSSR count). The van der Waals surface area contributed by atoms with Crippen LogP contribution < -0.4 is 5.32 Å².